The molecule has 0 unspecified atom stereocenters. The second-order valence-electron chi connectivity index (χ2n) is 7.31. The molecule has 0 radical (unpaired) electrons. The third kappa shape index (κ3) is 6.74. The quantitative estimate of drug-likeness (QED) is 0.460. The van der Waals surface area contributed by atoms with Crippen molar-refractivity contribution >= 4 is 54.2 Å². The summed E-state index contributed by atoms with van der Waals surface area (Å²) in [7, 11) is 1.51. The van der Waals surface area contributed by atoms with Gasteiger partial charge in [0.2, 0.25) is 0 Å². The van der Waals surface area contributed by atoms with Crippen molar-refractivity contribution in [3.63, 3.8) is 0 Å². The fraction of sp³-hybridized carbons (Fsp3) is 0.409. The molecule has 2 aromatic heterocycles. The summed E-state index contributed by atoms with van der Waals surface area (Å²) < 4.78 is 21.2. The molecule has 1 N–H and O–H groups in total. The van der Waals surface area contributed by atoms with Crippen molar-refractivity contribution in [3.05, 3.63) is 53.3 Å². The normalized spacial score (nSPS) is 13.6. The number of aromatic nitrogens is 2. The summed E-state index contributed by atoms with van der Waals surface area (Å²) in [5, 5.41) is 15.9. The van der Waals surface area contributed by atoms with Gasteiger partial charge in [-0.1, -0.05) is 12.1 Å². The molecule has 11 heteroatoms. The number of aliphatic hydroxyl groups is 1. The average Bonchev–Trinajstić information content (AvgIpc) is 3.42. The molecule has 1 aliphatic rings. The molecule has 0 atom stereocenters. The average molecular weight is 540 g/mol. The van der Waals surface area contributed by atoms with Crippen LogP contribution in [-0.2, 0) is 13.0 Å². The van der Waals surface area contributed by atoms with Gasteiger partial charge in [-0.3, -0.25) is 9.58 Å². The number of hydrogen-bond acceptors (Lipinski definition) is 6. The van der Waals surface area contributed by atoms with Gasteiger partial charge in [-0.15, -0.1) is 48.6 Å². The van der Waals surface area contributed by atoms with E-state index >= 15 is 0 Å². The second kappa shape index (κ2) is 14.0. The third-order valence-corrected chi connectivity index (χ3v) is 6.42. The monoisotopic (exact) mass is 538 g/mol. The number of ether oxygens (including phenoxy) is 1. The van der Waals surface area contributed by atoms with Crippen LogP contribution in [0.1, 0.15) is 5.56 Å². The van der Waals surface area contributed by atoms with Crippen LogP contribution >= 0.6 is 48.6 Å². The number of para-hydroxylation sites is 1. The molecule has 0 saturated carbocycles. The summed E-state index contributed by atoms with van der Waals surface area (Å²) in [4.78, 5) is 5.80. The molecule has 3 aromatic rings. The zero-order valence-corrected chi connectivity index (χ0v) is 21.6. The van der Waals surface area contributed by atoms with E-state index < -0.39 is 0 Å². The molecule has 184 valence electrons. The van der Waals surface area contributed by atoms with Gasteiger partial charge < -0.3 is 14.7 Å². The van der Waals surface area contributed by atoms with Gasteiger partial charge in [0, 0.05) is 38.3 Å². The Balaban J connectivity index is 0.00000181. The molecule has 6 nitrogen and oxygen atoms in total. The topological polar surface area (TPSA) is 53.8 Å². The van der Waals surface area contributed by atoms with Crippen LogP contribution in [0.4, 0.5) is 10.1 Å². The van der Waals surface area contributed by atoms with Crippen LogP contribution < -0.4 is 9.64 Å². The molecule has 0 amide bonds. The first-order chi connectivity index (χ1) is 14.7. The van der Waals surface area contributed by atoms with E-state index in [1.54, 1.807) is 17.4 Å². The van der Waals surface area contributed by atoms with Crippen LogP contribution in [0.5, 0.6) is 5.75 Å². The summed E-state index contributed by atoms with van der Waals surface area (Å²) in [5.74, 6) is 0.00117. The van der Waals surface area contributed by atoms with E-state index in [0.717, 1.165) is 50.5 Å². The number of anilines is 1. The van der Waals surface area contributed by atoms with E-state index in [9.17, 15) is 9.50 Å². The lowest BCUT2D eigenvalue weighted by Gasteiger charge is -2.36. The zero-order valence-electron chi connectivity index (χ0n) is 18.4. The molecule has 0 bridgehead atoms. The predicted octanol–water partition coefficient (Wildman–Crippen LogP) is 4.38. The van der Waals surface area contributed by atoms with Crippen LogP contribution in [0, 0.1) is 5.82 Å². The van der Waals surface area contributed by atoms with Crippen molar-refractivity contribution in [1.29, 1.82) is 0 Å². The van der Waals surface area contributed by atoms with E-state index in [-0.39, 0.29) is 49.6 Å². The maximum absolute atomic E-state index is 14.0. The minimum Gasteiger partial charge on any atom is -0.492 e. The second-order valence-corrected chi connectivity index (χ2v) is 8.26. The maximum Gasteiger partial charge on any atom is 0.177 e. The van der Waals surface area contributed by atoms with Crippen LogP contribution in [-0.4, -0.2) is 66.2 Å². The summed E-state index contributed by atoms with van der Waals surface area (Å²) >= 11 is 1.69. The van der Waals surface area contributed by atoms with Gasteiger partial charge in [0.1, 0.15) is 0 Å². The summed E-state index contributed by atoms with van der Waals surface area (Å²) in [6.07, 6.45) is 2.83. The number of methoxy groups -OCH3 is 1. The lowest BCUT2D eigenvalue weighted by Crippen LogP contribution is -2.47. The fourth-order valence-electron chi connectivity index (χ4n) is 4.01. The van der Waals surface area contributed by atoms with Crippen molar-refractivity contribution in [2.75, 3.05) is 51.3 Å². The van der Waals surface area contributed by atoms with Crippen LogP contribution in [0.15, 0.2) is 41.9 Å². The highest BCUT2D eigenvalue weighted by Crippen LogP contribution is 2.32. The molecule has 1 saturated heterocycles. The van der Waals surface area contributed by atoms with Gasteiger partial charge in [0.15, 0.2) is 11.6 Å². The Bertz CT molecular complexity index is 967. The first-order valence-corrected chi connectivity index (χ1v) is 11.1. The summed E-state index contributed by atoms with van der Waals surface area (Å²) in [5.41, 5.74) is 3.14. The molecule has 0 spiro atoms. The Morgan fingerprint density at radius 2 is 1.82 bits per heavy atom. The Morgan fingerprint density at radius 3 is 2.45 bits per heavy atom. The summed E-state index contributed by atoms with van der Waals surface area (Å²) in [6.45, 7) is 5.02. The zero-order chi connectivity index (χ0) is 20.9. The molecule has 1 fully saturated rings. The number of hydrogen-bond donors (Lipinski definition) is 1. The number of thiophene rings is 1. The number of benzene rings is 1. The van der Waals surface area contributed by atoms with Crippen molar-refractivity contribution in [2.45, 2.75) is 13.0 Å². The first-order valence-electron chi connectivity index (χ1n) is 10.2. The minimum atomic E-state index is -0.321. The Hall–Kier alpha value is -1.55. The molecule has 0 aliphatic carbocycles. The SMILES string of the molecule is COc1c(F)cccc1N1CCN(CCc2cnn(CCO)c2-c2cccs2)CC1.Cl.Cl.Cl. The van der Waals surface area contributed by atoms with Crippen molar-refractivity contribution in [2.24, 2.45) is 0 Å². The van der Waals surface area contributed by atoms with E-state index in [1.807, 2.05) is 23.0 Å². The predicted molar refractivity (Wildman–Crippen MR) is 140 cm³/mol. The number of aliphatic hydroxyl groups excluding tert-OH is 1. The number of rotatable bonds is 8. The van der Waals surface area contributed by atoms with E-state index in [1.165, 1.54) is 23.6 Å². The van der Waals surface area contributed by atoms with Gasteiger partial charge in [-0.25, -0.2) is 4.39 Å². The third-order valence-electron chi connectivity index (χ3n) is 5.54. The molecule has 1 aliphatic heterocycles. The molecule has 1 aromatic carbocycles. The Labute approximate surface area is 216 Å². The fourth-order valence-corrected chi connectivity index (χ4v) is 4.82. The van der Waals surface area contributed by atoms with Crippen molar-refractivity contribution in [1.82, 2.24) is 14.7 Å². The number of halogens is 4. The van der Waals surface area contributed by atoms with Crippen LogP contribution in [0.25, 0.3) is 10.6 Å². The van der Waals surface area contributed by atoms with Crippen molar-refractivity contribution < 1.29 is 14.2 Å². The number of nitrogens with zero attached hydrogens (tertiary/aromatic N) is 4. The lowest BCUT2D eigenvalue weighted by molar-refractivity contribution is 0.259. The Kier molecular flexibility index (Phi) is 12.5. The van der Waals surface area contributed by atoms with Crippen LogP contribution in [0.2, 0.25) is 0 Å². The highest BCUT2D eigenvalue weighted by atomic mass is 35.5. The first kappa shape index (κ1) is 29.5. The maximum atomic E-state index is 14.0. The van der Waals surface area contributed by atoms with E-state index in [4.69, 9.17) is 4.74 Å². The highest BCUT2D eigenvalue weighted by molar-refractivity contribution is 7.13. The summed E-state index contributed by atoms with van der Waals surface area (Å²) in [6, 6.07) is 9.22. The lowest BCUT2D eigenvalue weighted by atomic mass is 10.1. The molecular formula is C22H30Cl3FN4O2S. The van der Waals surface area contributed by atoms with Crippen LogP contribution in [0.3, 0.4) is 0 Å². The van der Waals surface area contributed by atoms with Gasteiger partial charge in [-0.2, -0.15) is 5.10 Å². The van der Waals surface area contributed by atoms with E-state index in [0.29, 0.717) is 12.3 Å². The van der Waals surface area contributed by atoms with Crippen molar-refractivity contribution in [3.8, 4) is 16.3 Å². The standard InChI is InChI=1S/C22H27FN4O2S.3ClH/c1-29-22-18(23)4-2-5-19(22)26-11-9-25(10-12-26)8-7-17-16-24-27(13-14-28)21(17)20-6-3-15-30-20;;;/h2-6,15-16,28H,7-14H2,1H3;3*1H. The number of piperazine rings is 1. The molecule has 4 rings (SSSR count). The van der Waals surface area contributed by atoms with Gasteiger partial charge in [-0.05, 0) is 30.0 Å². The van der Waals surface area contributed by atoms with Gasteiger partial charge in [0.05, 0.1) is 42.7 Å². The minimum absolute atomic E-state index is 0. The van der Waals surface area contributed by atoms with E-state index in [2.05, 4.69) is 26.3 Å². The molecule has 3 heterocycles. The molecule has 33 heavy (non-hydrogen) atoms. The van der Waals surface area contributed by atoms with Gasteiger partial charge in [0.25, 0.3) is 0 Å². The largest absolute Gasteiger partial charge is 0.492 e. The smallest absolute Gasteiger partial charge is 0.177 e. The highest BCUT2D eigenvalue weighted by Gasteiger charge is 2.22. The Morgan fingerprint density at radius 1 is 1.06 bits per heavy atom. The van der Waals surface area contributed by atoms with Gasteiger partial charge >= 0.3 is 0 Å². The molecular weight excluding hydrogens is 510 g/mol.